The molecule has 0 radical (unpaired) electrons. The molecule has 92 valence electrons. The maximum atomic E-state index is 11.1. The summed E-state index contributed by atoms with van der Waals surface area (Å²) in [6, 6.07) is 0. The third kappa shape index (κ3) is 13.6. The minimum Gasteiger partial charge on any atom is -0.383 e. The Morgan fingerprint density at radius 2 is 2.00 bits per heavy atom. The highest BCUT2D eigenvalue weighted by atomic mass is 35.5. The fourth-order valence-electron chi connectivity index (χ4n) is 0.846. The zero-order valence-corrected chi connectivity index (χ0v) is 10.2. The van der Waals surface area contributed by atoms with E-state index in [1.807, 2.05) is 6.92 Å². The van der Waals surface area contributed by atoms with Crippen LogP contribution in [0, 0.1) is 0 Å². The van der Waals surface area contributed by atoms with E-state index in [4.69, 9.17) is 9.47 Å². The van der Waals surface area contributed by atoms with E-state index in [9.17, 15) is 4.79 Å². The molecule has 0 spiro atoms. The molecular weight excluding hydrogens is 220 g/mol. The van der Waals surface area contributed by atoms with Crippen LogP contribution in [0.25, 0.3) is 0 Å². The highest BCUT2D eigenvalue weighted by Crippen LogP contribution is 1.71. The van der Waals surface area contributed by atoms with E-state index in [1.165, 1.54) is 0 Å². The molecule has 0 saturated heterocycles. The van der Waals surface area contributed by atoms with Gasteiger partial charge in [-0.1, -0.05) is 0 Å². The molecule has 6 heteroatoms. The zero-order valence-electron chi connectivity index (χ0n) is 9.38. The van der Waals surface area contributed by atoms with Gasteiger partial charge in [-0.3, -0.25) is 4.79 Å². The Morgan fingerprint density at radius 3 is 2.60 bits per heavy atom. The number of carbonyl (C=O) groups is 1. The van der Waals surface area contributed by atoms with Crippen LogP contribution in [-0.2, 0) is 14.3 Å². The highest BCUT2D eigenvalue weighted by molar-refractivity contribution is 5.85. The number of rotatable bonds is 9. The molecule has 0 aromatic heterocycles. The average molecular weight is 241 g/mol. The maximum absolute atomic E-state index is 11.1. The van der Waals surface area contributed by atoms with Gasteiger partial charge in [0.2, 0.25) is 5.91 Å². The summed E-state index contributed by atoms with van der Waals surface area (Å²) < 4.78 is 9.89. The Hall–Kier alpha value is -0.360. The summed E-state index contributed by atoms with van der Waals surface area (Å²) in [6.07, 6.45) is 0. The number of hydrogen-bond acceptors (Lipinski definition) is 4. The molecule has 0 atom stereocenters. The summed E-state index contributed by atoms with van der Waals surface area (Å²) in [4.78, 5) is 11.1. The molecule has 0 unspecified atom stereocenters. The maximum Gasteiger partial charge on any atom is 0.234 e. The first kappa shape index (κ1) is 17.0. The van der Waals surface area contributed by atoms with Crippen molar-refractivity contribution in [3.63, 3.8) is 0 Å². The van der Waals surface area contributed by atoms with E-state index in [0.717, 1.165) is 0 Å². The van der Waals surface area contributed by atoms with Crippen LogP contribution in [0.4, 0.5) is 0 Å². The van der Waals surface area contributed by atoms with Gasteiger partial charge in [-0.2, -0.15) is 0 Å². The number of amides is 1. The molecule has 0 saturated carbocycles. The molecule has 0 bridgehead atoms. The van der Waals surface area contributed by atoms with Crippen LogP contribution < -0.4 is 10.6 Å². The van der Waals surface area contributed by atoms with Crippen molar-refractivity contribution in [2.45, 2.75) is 6.92 Å². The first-order valence-electron chi connectivity index (χ1n) is 4.85. The number of nitrogens with one attached hydrogen (secondary N) is 2. The van der Waals surface area contributed by atoms with E-state index in [0.29, 0.717) is 39.5 Å². The molecule has 0 aliphatic rings. The Balaban J connectivity index is 0. The number of halogens is 1. The minimum atomic E-state index is -0.0131. The average Bonchev–Trinajstić information content (AvgIpc) is 2.19. The molecule has 1 amide bonds. The van der Waals surface area contributed by atoms with Gasteiger partial charge >= 0.3 is 0 Å². The van der Waals surface area contributed by atoms with Crippen LogP contribution in [0.2, 0.25) is 0 Å². The third-order valence-corrected chi connectivity index (χ3v) is 1.54. The molecule has 5 nitrogen and oxygen atoms in total. The number of hydrogen-bond donors (Lipinski definition) is 2. The topological polar surface area (TPSA) is 59.6 Å². The van der Waals surface area contributed by atoms with Gasteiger partial charge in [0.25, 0.3) is 0 Å². The van der Waals surface area contributed by atoms with E-state index in [-0.39, 0.29) is 18.3 Å². The fraction of sp³-hybridized carbons (Fsp3) is 0.889. The molecule has 0 heterocycles. The summed E-state index contributed by atoms with van der Waals surface area (Å²) in [6.45, 7) is 5.38. The molecule has 0 aliphatic heterocycles. The zero-order chi connectivity index (χ0) is 10.6. The number of methoxy groups -OCH3 is 1. The predicted octanol–water partition coefficient (Wildman–Crippen LogP) is -0.203. The fourth-order valence-corrected chi connectivity index (χ4v) is 0.846. The Kier molecular flexibility index (Phi) is 15.5. The molecule has 0 aromatic rings. The summed E-state index contributed by atoms with van der Waals surface area (Å²) >= 11 is 0. The first-order chi connectivity index (χ1) is 6.81. The van der Waals surface area contributed by atoms with Crippen molar-refractivity contribution in [1.29, 1.82) is 0 Å². The van der Waals surface area contributed by atoms with Crippen molar-refractivity contribution < 1.29 is 14.3 Å². The molecule has 0 fully saturated rings. The lowest BCUT2D eigenvalue weighted by molar-refractivity contribution is -0.120. The minimum absolute atomic E-state index is 0. The largest absolute Gasteiger partial charge is 0.383 e. The molecule has 0 rings (SSSR count). The van der Waals surface area contributed by atoms with Crippen LogP contribution in [0.15, 0.2) is 0 Å². The lowest BCUT2D eigenvalue weighted by Crippen LogP contribution is -2.36. The van der Waals surface area contributed by atoms with Crippen LogP contribution in [0.1, 0.15) is 6.92 Å². The molecule has 0 aromatic carbocycles. The van der Waals surface area contributed by atoms with Gasteiger partial charge in [-0.15, -0.1) is 12.4 Å². The second-order valence-corrected chi connectivity index (χ2v) is 2.72. The van der Waals surface area contributed by atoms with E-state index >= 15 is 0 Å². The van der Waals surface area contributed by atoms with Gasteiger partial charge < -0.3 is 20.1 Å². The summed E-state index contributed by atoms with van der Waals surface area (Å²) in [7, 11) is 1.63. The van der Waals surface area contributed by atoms with Gasteiger partial charge in [0, 0.05) is 26.8 Å². The van der Waals surface area contributed by atoms with Crippen molar-refractivity contribution in [3.8, 4) is 0 Å². The predicted molar refractivity (Wildman–Crippen MR) is 61.5 cm³/mol. The van der Waals surface area contributed by atoms with Crippen LogP contribution in [0.5, 0.6) is 0 Å². The lowest BCUT2D eigenvalue weighted by Gasteiger charge is -2.06. The molecular formula is C9H21ClN2O3. The smallest absolute Gasteiger partial charge is 0.234 e. The normalized spacial score (nSPS) is 9.47. The van der Waals surface area contributed by atoms with E-state index < -0.39 is 0 Å². The summed E-state index contributed by atoms with van der Waals surface area (Å²) in [5.74, 6) is -0.0131. The third-order valence-electron chi connectivity index (χ3n) is 1.54. The molecule has 2 N–H and O–H groups in total. The Labute approximate surface area is 97.3 Å². The van der Waals surface area contributed by atoms with Gasteiger partial charge in [0.1, 0.15) is 0 Å². The quantitative estimate of drug-likeness (QED) is 0.548. The summed E-state index contributed by atoms with van der Waals surface area (Å²) in [5, 5.41) is 5.68. The molecule has 15 heavy (non-hydrogen) atoms. The van der Waals surface area contributed by atoms with Crippen molar-refractivity contribution in [3.05, 3.63) is 0 Å². The second-order valence-electron chi connectivity index (χ2n) is 2.72. The first-order valence-corrected chi connectivity index (χ1v) is 4.85. The Morgan fingerprint density at radius 1 is 1.27 bits per heavy atom. The number of carbonyl (C=O) groups excluding carboxylic acids is 1. The van der Waals surface area contributed by atoms with Crippen LogP contribution in [-0.4, -0.2) is 52.5 Å². The number of ether oxygens (including phenoxy) is 2. The van der Waals surface area contributed by atoms with Crippen molar-refractivity contribution in [2.75, 3.05) is 46.6 Å². The van der Waals surface area contributed by atoms with Crippen molar-refractivity contribution >= 4 is 18.3 Å². The molecule has 0 aliphatic carbocycles. The lowest BCUT2D eigenvalue weighted by atomic mass is 10.5. The van der Waals surface area contributed by atoms with Crippen LogP contribution >= 0.6 is 12.4 Å². The van der Waals surface area contributed by atoms with E-state index in [2.05, 4.69) is 10.6 Å². The van der Waals surface area contributed by atoms with E-state index in [1.54, 1.807) is 7.11 Å². The van der Waals surface area contributed by atoms with Crippen molar-refractivity contribution in [1.82, 2.24) is 10.6 Å². The summed E-state index contributed by atoms with van der Waals surface area (Å²) in [5.41, 5.74) is 0. The van der Waals surface area contributed by atoms with Gasteiger partial charge in [0.15, 0.2) is 0 Å². The van der Waals surface area contributed by atoms with Gasteiger partial charge in [0.05, 0.1) is 19.8 Å². The highest BCUT2D eigenvalue weighted by Gasteiger charge is 1.98. The Bertz CT molecular complexity index is 133. The SMILES string of the molecule is CCOCCNC(=O)CNCCOC.Cl. The standard InChI is InChI=1S/C9H20N2O3.ClH/c1-3-14-7-5-11-9(12)8-10-4-6-13-2;/h10H,3-8H2,1-2H3,(H,11,12);1H. The van der Waals surface area contributed by atoms with Crippen LogP contribution in [0.3, 0.4) is 0 Å². The van der Waals surface area contributed by atoms with Gasteiger partial charge in [-0.25, -0.2) is 0 Å². The van der Waals surface area contributed by atoms with Crippen molar-refractivity contribution in [2.24, 2.45) is 0 Å². The van der Waals surface area contributed by atoms with Gasteiger partial charge in [-0.05, 0) is 6.92 Å². The monoisotopic (exact) mass is 240 g/mol. The second kappa shape index (κ2) is 13.6.